The monoisotopic (exact) mass is 356 g/mol. The smallest absolute Gasteiger partial charge is 0.237 e. The average Bonchev–Trinajstić information content (AvgIpc) is 3.26. The van der Waals surface area contributed by atoms with Gasteiger partial charge in [-0.25, -0.2) is 0 Å². The van der Waals surface area contributed by atoms with Crippen LogP contribution in [-0.2, 0) is 18.7 Å². The van der Waals surface area contributed by atoms with E-state index in [1.165, 1.54) is 11.8 Å². The molecular formula is C17H20N6OS. The summed E-state index contributed by atoms with van der Waals surface area (Å²) in [6.07, 6.45) is 8.34. The van der Waals surface area contributed by atoms with Crippen molar-refractivity contribution in [2.24, 2.45) is 0 Å². The van der Waals surface area contributed by atoms with E-state index >= 15 is 0 Å². The average molecular weight is 356 g/mol. The zero-order chi connectivity index (χ0) is 17.5. The minimum atomic E-state index is 0.560. The molecular weight excluding hydrogens is 336 g/mol. The summed E-state index contributed by atoms with van der Waals surface area (Å²) in [5.41, 5.74) is 0.968. The molecule has 0 N–H and O–H groups in total. The Morgan fingerprint density at radius 2 is 2.12 bits per heavy atom. The van der Waals surface area contributed by atoms with E-state index in [0.717, 1.165) is 41.6 Å². The Bertz CT molecular complexity index is 814. The molecule has 7 nitrogen and oxygen atoms in total. The zero-order valence-electron chi connectivity index (χ0n) is 14.1. The van der Waals surface area contributed by atoms with Crippen molar-refractivity contribution in [1.82, 2.24) is 29.9 Å². The second-order valence-corrected chi connectivity index (χ2v) is 6.38. The van der Waals surface area contributed by atoms with Gasteiger partial charge < -0.3 is 4.52 Å². The fourth-order valence-corrected chi connectivity index (χ4v) is 3.10. The lowest BCUT2D eigenvalue weighted by molar-refractivity contribution is 0.384. The Balaban J connectivity index is 1.73. The first-order chi connectivity index (χ1) is 12.3. The molecule has 0 aliphatic rings. The predicted molar refractivity (Wildman–Crippen MR) is 95.9 cm³/mol. The molecule has 0 amide bonds. The van der Waals surface area contributed by atoms with Gasteiger partial charge in [-0.3, -0.25) is 9.55 Å². The SMILES string of the molecule is C=CCn1c(SCc2nc(CCCC)no2)nnc1-c1ccncc1. The van der Waals surface area contributed by atoms with Crippen LogP contribution in [0.5, 0.6) is 0 Å². The third-order valence-electron chi connectivity index (χ3n) is 3.56. The van der Waals surface area contributed by atoms with E-state index in [1.54, 1.807) is 12.4 Å². The third-order valence-corrected chi connectivity index (χ3v) is 4.51. The number of thioether (sulfide) groups is 1. The Morgan fingerprint density at radius 1 is 1.28 bits per heavy atom. The van der Waals surface area contributed by atoms with Crippen LogP contribution in [0.2, 0.25) is 0 Å². The van der Waals surface area contributed by atoms with Crippen LogP contribution in [0, 0.1) is 0 Å². The number of nitrogens with zero attached hydrogens (tertiary/aromatic N) is 6. The summed E-state index contributed by atoms with van der Waals surface area (Å²) in [5, 5.41) is 13.4. The summed E-state index contributed by atoms with van der Waals surface area (Å²) in [6, 6.07) is 3.83. The highest BCUT2D eigenvalue weighted by Crippen LogP contribution is 2.25. The molecule has 3 rings (SSSR count). The fraction of sp³-hybridized carbons (Fsp3) is 0.353. The quantitative estimate of drug-likeness (QED) is 0.428. The lowest BCUT2D eigenvalue weighted by Gasteiger charge is -2.06. The predicted octanol–water partition coefficient (Wildman–Crippen LogP) is 3.54. The topological polar surface area (TPSA) is 82.5 Å². The molecule has 3 heterocycles. The van der Waals surface area contributed by atoms with Gasteiger partial charge in [0.05, 0.1) is 5.75 Å². The maximum absolute atomic E-state index is 5.31. The largest absolute Gasteiger partial charge is 0.338 e. The number of pyridine rings is 1. The van der Waals surface area contributed by atoms with Gasteiger partial charge in [0.1, 0.15) is 0 Å². The van der Waals surface area contributed by atoms with E-state index < -0.39 is 0 Å². The number of hydrogen-bond donors (Lipinski definition) is 0. The number of aromatic nitrogens is 6. The van der Waals surface area contributed by atoms with Crippen LogP contribution in [-0.4, -0.2) is 29.9 Å². The van der Waals surface area contributed by atoms with E-state index in [0.29, 0.717) is 18.2 Å². The number of unbranched alkanes of at least 4 members (excludes halogenated alkanes) is 1. The molecule has 25 heavy (non-hydrogen) atoms. The zero-order valence-corrected chi connectivity index (χ0v) is 14.9. The van der Waals surface area contributed by atoms with Gasteiger partial charge in [-0.1, -0.05) is 36.3 Å². The van der Waals surface area contributed by atoms with Crippen molar-refractivity contribution in [3.63, 3.8) is 0 Å². The molecule has 3 aromatic rings. The first-order valence-electron chi connectivity index (χ1n) is 8.20. The van der Waals surface area contributed by atoms with Gasteiger partial charge in [0.25, 0.3) is 0 Å². The number of rotatable bonds is 9. The van der Waals surface area contributed by atoms with Gasteiger partial charge in [0.2, 0.25) is 5.89 Å². The molecule has 0 spiro atoms. The van der Waals surface area contributed by atoms with Gasteiger partial charge >= 0.3 is 0 Å². The normalized spacial score (nSPS) is 10.9. The van der Waals surface area contributed by atoms with E-state index in [2.05, 4.69) is 38.8 Å². The van der Waals surface area contributed by atoms with Crippen LogP contribution < -0.4 is 0 Å². The summed E-state index contributed by atoms with van der Waals surface area (Å²) in [5.74, 6) is 2.72. The molecule has 0 fully saturated rings. The Kier molecular flexibility index (Phi) is 5.95. The van der Waals surface area contributed by atoms with Crippen molar-refractivity contribution in [2.75, 3.05) is 0 Å². The minimum Gasteiger partial charge on any atom is -0.338 e. The maximum atomic E-state index is 5.31. The summed E-state index contributed by atoms with van der Waals surface area (Å²) < 4.78 is 7.32. The van der Waals surface area contributed by atoms with Crippen LogP contribution >= 0.6 is 11.8 Å². The van der Waals surface area contributed by atoms with Crippen LogP contribution in [0.25, 0.3) is 11.4 Å². The first-order valence-corrected chi connectivity index (χ1v) is 9.19. The number of allylic oxidation sites excluding steroid dienone is 1. The summed E-state index contributed by atoms with van der Waals surface area (Å²) >= 11 is 1.52. The van der Waals surface area contributed by atoms with Crippen molar-refractivity contribution >= 4 is 11.8 Å². The van der Waals surface area contributed by atoms with E-state index in [4.69, 9.17) is 4.52 Å². The fourth-order valence-electron chi connectivity index (χ4n) is 2.32. The van der Waals surface area contributed by atoms with Gasteiger partial charge in [0, 0.05) is 30.9 Å². The van der Waals surface area contributed by atoms with Crippen molar-refractivity contribution in [1.29, 1.82) is 0 Å². The molecule has 3 aromatic heterocycles. The van der Waals surface area contributed by atoms with Crippen molar-refractivity contribution in [3.05, 3.63) is 48.9 Å². The van der Waals surface area contributed by atoms with Crippen LogP contribution in [0.1, 0.15) is 31.5 Å². The van der Waals surface area contributed by atoms with Gasteiger partial charge in [-0.15, -0.1) is 16.8 Å². The van der Waals surface area contributed by atoms with Crippen LogP contribution in [0.15, 0.2) is 46.9 Å². The van der Waals surface area contributed by atoms with Gasteiger partial charge in [0.15, 0.2) is 16.8 Å². The lowest BCUT2D eigenvalue weighted by atomic mass is 10.2. The Morgan fingerprint density at radius 3 is 2.88 bits per heavy atom. The highest BCUT2D eigenvalue weighted by molar-refractivity contribution is 7.98. The van der Waals surface area contributed by atoms with Crippen LogP contribution in [0.3, 0.4) is 0 Å². The standard InChI is InChI=1S/C17H20N6OS/c1-3-5-6-14-19-15(24-22-14)12-25-17-21-20-16(23(17)11-4-2)13-7-9-18-10-8-13/h4,7-10H,2-3,5-6,11-12H2,1H3. The molecule has 0 atom stereocenters. The molecule has 0 bridgehead atoms. The van der Waals surface area contributed by atoms with E-state index in [-0.39, 0.29) is 0 Å². The van der Waals surface area contributed by atoms with E-state index in [9.17, 15) is 0 Å². The molecule has 0 aliphatic carbocycles. The number of hydrogen-bond acceptors (Lipinski definition) is 7. The summed E-state index contributed by atoms with van der Waals surface area (Å²) in [4.78, 5) is 8.46. The third kappa shape index (κ3) is 4.33. The molecule has 0 aromatic carbocycles. The summed E-state index contributed by atoms with van der Waals surface area (Å²) in [7, 11) is 0. The molecule has 0 saturated heterocycles. The highest BCUT2D eigenvalue weighted by Gasteiger charge is 2.15. The second-order valence-electron chi connectivity index (χ2n) is 5.44. The van der Waals surface area contributed by atoms with Crippen molar-refractivity contribution < 1.29 is 4.52 Å². The lowest BCUT2D eigenvalue weighted by Crippen LogP contribution is -2.00. The molecule has 0 unspecified atom stereocenters. The van der Waals surface area contributed by atoms with Crippen LogP contribution in [0.4, 0.5) is 0 Å². The first kappa shape index (κ1) is 17.3. The molecule has 8 heteroatoms. The van der Waals surface area contributed by atoms with Crippen molar-refractivity contribution in [2.45, 2.75) is 43.6 Å². The Labute approximate surface area is 150 Å². The Hall–Kier alpha value is -2.48. The van der Waals surface area contributed by atoms with Gasteiger partial charge in [-0.05, 0) is 18.6 Å². The molecule has 130 valence electrons. The highest BCUT2D eigenvalue weighted by atomic mass is 32.2. The summed E-state index contributed by atoms with van der Waals surface area (Å²) in [6.45, 7) is 6.59. The number of aryl methyl sites for hydroxylation is 1. The second kappa shape index (κ2) is 8.57. The van der Waals surface area contributed by atoms with Crippen molar-refractivity contribution in [3.8, 4) is 11.4 Å². The molecule has 0 aliphatic heterocycles. The van der Waals surface area contributed by atoms with E-state index in [1.807, 2.05) is 22.8 Å². The molecule has 0 saturated carbocycles. The molecule has 0 radical (unpaired) electrons. The minimum absolute atomic E-state index is 0.560. The van der Waals surface area contributed by atoms with Gasteiger partial charge in [-0.2, -0.15) is 4.98 Å². The maximum Gasteiger partial charge on any atom is 0.237 e.